The van der Waals surface area contributed by atoms with Gasteiger partial charge in [0.15, 0.2) is 11.5 Å². The molecule has 1 aromatic carbocycles. The molecule has 1 aromatic rings. The third-order valence-corrected chi connectivity index (χ3v) is 2.80. The molecule has 6 heteroatoms. The van der Waals surface area contributed by atoms with Crippen LogP contribution in [0.15, 0.2) is 12.1 Å². The van der Waals surface area contributed by atoms with Crippen molar-refractivity contribution in [3.63, 3.8) is 0 Å². The minimum atomic E-state index is -0.742. The minimum absolute atomic E-state index is 0.294. The second kappa shape index (κ2) is 5.24. The van der Waals surface area contributed by atoms with E-state index in [1.54, 1.807) is 13.1 Å². The Kier molecular flexibility index (Phi) is 3.69. The number of aryl methyl sites for hydroxylation is 1. The minimum Gasteiger partial charge on any atom is -0.486 e. The van der Waals surface area contributed by atoms with Crippen LogP contribution in [-0.4, -0.2) is 26.2 Å². The number of fused-ring (bicyclic) bond motifs is 1. The summed E-state index contributed by atoms with van der Waals surface area (Å²) in [5.74, 6) is 1.04. The third-order valence-electron chi connectivity index (χ3n) is 2.80. The first-order valence-corrected chi connectivity index (χ1v) is 5.76. The first kappa shape index (κ1) is 12.7. The molecule has 18 heavy (non-hydrogen) atoms. The van der Waals surface area contributed by atoms with Crippen molar-refractivity contribution >= 4 is 5.91 Å². The van der Waals surface area contributed by atoms with Gasteiger partial charge in [0.05, 0.1) is 0 Å². The molecule has 0 radical (unpaired) electrons. The largest absolute Gasteiger partial charge is 0.486 e. The van der Waals surface area contributed by atoms with Gasteiger partial charge in [-0.15, -0.1) is 0 Å². The number of nitrogens with two attached hydrogens (primary N) is 1. The second-order valence-electron chi connectivity index (χ2n) is 4.07. The zero-order valence-electron chi connectivity index (χ0n) is 10.4. The Hall–Kier alpha value is -1.79. The number of nitrogens with one attached hydrogen (secondary N) is 2. The maximum Gasteiger partial charge on any atom is 0.255 e. The molecule has 1 aliphatic rings. The maximum absolute atomic E-state index is 11.7. The van der Waals surface area contributed by atoms with Crippen molar-refractivity contribution in [3.8, 4) is 11.5 Å². The lowest BCUT2D eigenvalue weighted by molar-refractivity contribution is -0.123. The van der Waals surface area contributed by atoms with Gasteiger partial charge < -0.3 is 15.2 Å². The monoisotopic (exact) mass is 251 g/mol. The van der Waals surface area contributed by atoms with E-state index in [0.717, 1.165) is 11.1 Å². The van der Waals surface area contributed by atoms with E-state index in [1.165, 1.54) is 0 Å². The average Bonchev–Trinajstić information content (AvgIpc) is 2.37. The molecule has 2 rings (SSSR count). The van der Waals surface area contributed by atoms with Crippen molar-refractivity contribution in [1.82, 2.24) is 10.9 Å². The fourth-order valence-corrected chi connectivity index (χ4v) is 1.88. The Labute approximate surface area is 105 Å². The van der Waals surface area contributed by atoms with Crippen LogP contribution >= 0.6 is 0 Å². The van der Waals surface area contributed by atoms with Crippen molar-refractivity contribution in [2.75, 3.05) is 20.3 Å². The second-order valence-corrected chi connectivity index (χ2v) is 4.07. The van der Waals surface area contributed by atoms with Crippen LogP contribution in [0.1, 0.15) is 17.2 Å². The van der Waals surface area contributed by atoms with Crippen LogP contribution in [0.4, 0.5) is 0 Å². The molecule has 0 spiro atoms. The molecule has 0 aliphatic carbocycles. The smallest absolute Gasteiger partial charge is 0.255 e. The zero-order valence-corrected chi connectivity index (χ0v) is 10.4. The number of hydrogen-bond acceptors (Lipinski definition) is 5. The number of carbonyl (C=O) groups is 1. The van der Waals surface area contributed by atoms with Crippen molar-refractivity contribution in [2.24, 2.45) is 5.73 Å². The molecule has 4 N–H and O–H groups in total. The topological polar surface area (TPSA) is 85.6 Å². The van der Waals surface area contributed by atoms with Gasteiger partial charge in [-0.05, 0) is 30.2 Å². The summed E-state index contributed by atoms with van der Waals surface area (Å²) in [6.45, 7) is 2.94. The first-order valence-electron chi connectivity index (χ1n) is 5.76. The van der Waals surface area contributed by atoms with E-state index < -0.39 is 6.04 Å². The molecule has 1 unspecified atom stereocenters. The Bertz CT molecular complexity index is 462. The lowest BCUT2D eigenvalue weighted by Gasteiger charge is -2.22. The van der Waals surface area contributed by atoms with E-state index in [9.17, 15) is 4.79 Å². The van der Waals surface area contributed by atoms with Crippen molar-refractivity contribution in [3.05, 3.63) is 23.3 Å². The van der Waals surface area contributed by atoms with Crippen LogP contribution in [0, 0.1) is 6.92 Å². The van der Waals surface area contributed by atoms with Crippen LogP contribution in [0.2, 0.25) is 0 Å². The van der Waals surface area contributed by atoms with E-state index in [1.807, 2.05) is 13.0 Å². The Morgan fingerprint density at radius 2 is 1.94 bits per heavy atom. The summed E-state index contributed by atoms with van der Waals surface area (Å²) < 4.78 is 10.9. The van der Waals surface area contributed by atoms with Gasteiger partial charge in [0.1, 0.15) is 19.3 Å². The van der Waals surface area contributed by atoms with Crippen molar-refractivity contribution in [1.29, 1.82) is 0 Å². The number of rotatable bonds is 3. The normalized spacial score (nSPS) is 15.1. The van der Waals surface area contributed by atoms with Gasteiger partial charge in [-0.1, -0.05) is 0 Å². The SMILES string of the molecule is CNNC(=O)C(N)c1cc2c(cc1C)OCCO2. The molecule has 1 atom stereocenters. The molecule has 1 heterocycles. The highest BCUT2D eigenvalue weighted by atomic mass is 16.6. The molecule has 0 saturated carbocycles. The van der Waals surface area contributed by atoms with E-state index >= 15 is 0 Å². The highest BCUT2D eigenvalue weighted by molar-refractivity contribution is 5.83. The Morgan fingerprint density at radius 3 is 2.56 bits per heavy atom. The summed E-state index contributed by atoms with van der Waals surface area (Å²) >= 11 is 0. The quantitative estimate of drug-likeness (QED) is 0.659. The van der Waals surface area contributed by atoms with Crippen LogP contribution in [-0.2, 0) is 4.79 Å². The van der Waals surface area contributed by atoms with Crippen LogP contribution in [0.25, 0.3) is 0 Å². The average molecular weight is 251 g/mol. The Morgan fingerprint density at radius 1 is 1.33 bits per heavy atom. The number of benzene rings is 1. The predicted molar refractivity (Wildman–Crippen MR) is 66.3 cm³/mol. The summed E-state index contributed by atoms with van der Waals surface area (Å²) in [4.78, 5) is 11.7. The summed E-state index contributed by atoms with van der Waals surface area (Å²) in [6.07, 6.45) is 0. The van der Waals surface area contributed by atoms with Crippen LogP contribution < -0.4 is 26.1 Å². The van der Waals surface area contributed by atoms with Crippen molar-refractivity contribution in [2.45, 2.75) is 13.0 Å². The van der Waals surface area contributed by atoms with Gasteiger partial charge in [-0.2, -0.15) is 0 Å². The van der Waals surface area contributed by atoms with E-state index in [-0.39, 0.29) is 5.91 Å². The molecule has 1 amide bonds. The summed E-state index contributed by atoms with van der Waals surface area (Å²) in [5.41, 5.74) is 12.6. The number of amides is 1. The van der Waals surface area contributed by atoms with Crippen molar-refractivity contribution < 1.29 is 14.3 Å². The number of ether oxygens (including phenoxy) is 2. The molecule has 98 valence electrons. The molecule has 1 aliphatic heterocycles. The van der Waals surface area contributed by atoms with Crippen LogP contribution in [0.5, 0.6) is 11.5 Å². The molecular formula is C12H17N3O3. The zero-order chi connectivity index (χ0) is 13.1. The summed E-state index contributed by atoms with van der Waals surface area (Å²) in [7, 11) is 1.61. The van der Waals surface area contributed by atoms with Gasteiger partial charge >= 0.3 is 0 Å². The predicted octanol–water partition coefficient (Wildman–Crippen LogP) is 0.0166. The molecule has 0 aromatic heterocycles. The highest BCUT2D eigenvalue weighted by Crippen LogP contribution is 2.34. The lowest BCUT2D eigenvalue weighted by Crippen LogP contribution is -2.41. The molecule has 0 fully saturated rings. The molecular weight excluding hydrogens is 234 g/mol. The van der Waals surface area contributed by atoms with E-state index in [2.05, 4.69) is 10.9 Å². The van der Waals surface area contributed by atoms with Gasteiger partial charge in [-0.25, -0.2) is 5.43 Å². The molecule has 0 bridgehead atoms. The maximum atomic E-state index is 11.7. The van der Waals surface area contributed by atoms with Gasteiger partial charge in [0, 0.05) is 7.05 Å². The number of hydrazine groups is 1. The number of hydrogen-bond donors (Lipinski definition) is 3. The van der Waals surface area contributed by atoms with E-state index in [0.29, 0.717) is 24.7 Å². The fourth-order valence-electron chi connectivity index (χ4n) is 1.88. The summed E-state index contributed by atoms with van der Waals surface area (Å²) in [5, 5.41) is 0. The fraction of sp³-hybridized carbons (Fsp3) is 0.417. The lowest BCUT2D eigenvalue weighted by atomic mass is 10.0. The molecule has 0 saturated heterocycles. The van der Waals surface area contributed by atoms with Crippen LogP contribution in [0.3, 0.4) is 0 Å². The van der Waals surface area contributed by atoms with Gasteiger partial charge in [0.25, 0.3) is 5.91 Å². The first-order chi connectivity index (χ1) is 8.63. The third kappa shape index (κ3) is 2.39. The number of carbonyl (C=O) groups excluding carboxylic acids is 1. The molecule has 6 nitrogen and oxygen atoms in total. The van der Waals surface area contributed by atoms with Gasteiger partial charge in [0.2, 0.25) is 0 Å². The Balaban J connectivity index is 2.30. The summed E-state index contributed by atoms with van der Waals surface area (Å²) in [6, 6.07) is 2.87. The van der Waals surface area contributed by atoms with Gasteiger partial charge in [-0.3, -0.25) is 10.2 Å². The standard InChI is InChI=1S/C12H17N3O3/c1-7-5-9-10(18-4-3-17-9)6-8(7)11(13)12(16)15-14-2/h5-6,11,14H,3-4,13H2,1-2H3,(H,15,16). The highest BCUT2D eigenvalue weighted by Gasteiger charge is 2.21. The van der Waals surface area contributed by atoms with E-state index in [4.69, 9.17) is 15.2 Å².